The van der Waals surface area contributed by atoms with Crippen molar-refractivity contribution in [2.24, 2.45) is 0 Å². The predicted octanol–water partition coefficient (Wildman–Crippen LogP) is 3.49. The molecule has 0 bridgehead atoms. The van der Waals surface area contributed by atoms with Crippen LogP contribution in [0.25, 0.3) is 17.0 Å². The van der Waals surface area contributed by atoms with E-state index in [-0.39, 0.29) is 11.5 Å². The molecule has 1 amide bonds. The van der Waals surface area contributed by atoms with Crippen molar-refractivity contribution in [2.45, 2.75) is 26.8 Å². The van der Waals surface area contributed by atoms with E-state index in [0.717, 1.165) is 16.6 Å². The van der Waals surface area contributed by atoms with Crippen LogP contribution in [-0.2, 0) is 20.8 Å². The summed E-state index contributed by atoms with van der Waals surface area (Å²) in [5, 5.41) is 0.999. The normalized spacial score (nSPS) is 18.2. The average Bonchev–Trinajstić information content (AvgIpc) is 3.10. The van der Waals surface area contributed by atoms with Crippen LogP contribution in [0.3, 0.4) is 0 Å². The Morgan fingerprint density at radius 3 is 2.67 bits per heavy atom. The van der Waals surface area contributed by atoms with Gasteiger partial charge in [-0.2, -0.15) is 0 Å². The Morgan fingerprint density at radius 2 is 1.94 bits per heavy atom. The molecule has 0 spiro atoms. The fourth-order valence-electron chi connectivity index (χ4n) is 4.28. The molecule has 1 aromatic carbocycles. The lowest BCUT2D eigenvalue weighted by atomic mass is 10.1. The van der Waals surface area contributed by atoms with Crippen molar-refractivity contribution in [1.29, 1.82) is 0 Å². The zero-order valence-electron chi connectivity index (χ0n) is 19.0. The third-order valence-electron chi connectivity index (χ3n) is 5.85. The summed E-state index contributed by atoms with van der Waals surface area (Å²) < 4.78 is 13.2. The molecular formula is C24H29N3O4S2. The molecule has 2 fully saturated rings. The summed E-state index contributed by atoms with van der Waals surface area (Å²) in [6, 6.07) is 7.95. The number of thiocarbonyl (C=S) groups is 1. The van der Waals surface area contributed by atoms with Crippen molar-refractivity contribution in [3.05, 3.63) is 45.1 Å². The van der Waals surface area contributed by atoms with E-state index in [0.29, 0.717) is 73.8 Å². The van der Waals surface area contributed by atoms with Crippen molar-refractivity contribution < 1.29 is 14.3 Å². The quantitative estimate of drug-likeness (QED) is 0.321. The number of thioether (sulfide) groups is 1. The number of pyridine rings is 1. The number of morpholine rings is 1. The highest BCUT2D eigenvalue weighted by molar-refractivity contribution is 8.26. The van der Waals surface area contributed by atoms with Gasteiger partial charge in [-0.3, -0.25) is 14.5 Å². The van der Waals surface area contributed by atoms with Gasteiger partial charge in [-0.05, 0) is 32.4 Å². The van der Waals surface area contributed by atoms with Gasteiger partial charge in [-0.25, -0.2) is 0 Å². The van der Waals surface area contributed by atoms with Crippen LogP contribution in [0.5, 0.6) is 0 Å². The van der Waals surface area contributed by atoms with Crippen LogP contribution < -0.4 is 10.5 Å². The van der Waals surface area contributed by atoms with E-state index >= 15 is 0 Å². The Hall–Kier alpha value is -2.20. The summed E-state index contributed by atoms with van der Waals surface area (Å²) >= 11 is 6.74. The van der Waals surface area contributed by atoms with Gasteiger partial charge in [-0.15, -0.1) is 0 Å². The fraction of sp³-hybridized carbons (Fsp3) is 0.458. The first-order valence-corrected chi connectivity index (χ1v) is 12.6. The standard InChI is InChI=1S/C24H29N3O4S2/c1-3-26-19-9-6-5-8-17(19)21(25-11-14-31-15-12-25)18(22(26)28)16-20-23(29)27(24(32)33-20)10-7-13-30-4-2/h5-6,8-9,16H,3-4,7,10-15H2,1-2H3. The van der Waals surface area contributed by atoms with E-state index < -0.39 is 0 Å². The van der Waals surface area contributed by atoms with Gasteiger partial charge in [0.1, 0.15) is 4.32 Å². The molecule has 2 aromatic rings. The molecule has 0 radical (unpaired) electrons. The molecule has 0 aliphatic carbocycles. The molecule has 4 rings (SSSR count). The number of amides is 1. The van der Waals surface area contributed by atoms with E-state index in [4.69, 9.17) is 21.7 Å². The molecular weight excluding hydrogens is 458 g/mol. The fourth-order valence-corrected chi connectivity index (χ4v) is 5.57. The Balaban J connectivity index is 1.79. The van der Waals surface area contributed by atoms with Crippen molar-refractivity contribution in [3.63, 3.8) is 0 Å². The van der Waals surface area contributed by atoms with E-state index in [1.165, 1.54) is 11.8 Å². The van der Waals surface area contributed by atoms with Crippen molar-refractivity contribution in [2.75, 3.05) is 51.0 Å². The molecule has 0 atom stereocenters. The summed E-state index contributed by atoms with van der Waals surface area (Å²) in [6.07, 6.45) is 2.46. The Labute approximate surface area is 203 Å². The molecule has 2 aliphatic heterocycles. The van der Waals surface area contributed by atoms with Crippen molar-refractivity contribution >= 4 is 56.9 Å². The van der Waals surface area contributed by atoms with Gasteiger partial charge in [-0.1, -0.05) is 42.2 Å². The number of para-hydroxylation sites is 1. The highest BCUT2D eigenvalue weighted by Crippen LogP contribution is 2.36. The minimum atomic E-state index is -0.148. The largest absolute Gasteiger partial charge is 0.382 e. The summed E-state index contributed by atoms with van der Waals surface area (Å²) in [5.41, 5.74) is 2.20. The molecule has 2 saturated heterocycles. The third kappa shape index (κ3) is 4.87. The second kappa shape index (κ2) is 10.8. The van der Waals surface area contributed by atoms with Gasteiger partial charge in [0.15, 0.2) is 0 Å². The minimum absolute atomic E-state index is 0.0979. The molecule has 1 aromatic heterocycles. The lowest BCUT2D eigenvalue weighted by Gasteiger charge is -2.31. The van der Waals surface area contributed by atoms with E-state index in [9.17, 15) is 9.59 Å². The number of rotatable bonds is 8. The number of ether oxygens (including phenoxy) is 2. The molecule has 0 N–H and O–H groups in total. The first-order chi connectivity index (χ1) is 16.1. The number of anilines is 1. The van der Waals surface area contributed by atoms with Crippen molar-refractivity contribution in [3.8, 4) is 0 Å². The molecule has 7 nitrogen and oxygen atoms in total. The second-order valence-electron chi connectivity index (χ2n) is 7.81. The van der Waals surface area contributed by atoms with Gasteiger partial charge >= 0.3 is 0 Å². The maximum absolute atomic E-state index is 13.7. The lowest BCUT2D eigenvalue weighted by molar-refractivity contribution is -0.122. The maximum atomic E-state index is 13.7. The van der Waals surface area contributed by atoms with E-state index in [1.54, 1.807) is 15.5 Å². The van der Waals surface area contributed by atoms with E-state index in [2.05, 4.69) is 4.90 Å². The third-order valence-corrected chi connectivity index (χ3v) is 7.23. The number of aromatic nitrogens is 1. The zero-order valence-corrected chi connectivity index (χ0v) is 20.7. The van der Waals surface area contributed by atoms with Crippen LogP contribution in [0.2, 0.25) is 0 Å². The minimum Gasteiger partial charge on any atom is -0.382 e. The summed E-state index contributed by atoms with van der Waals surface area (Å²) in [5.74, 6) is -0.148. The van der Waals surface area contributed by atoms with Gasteiger partial charge in [0.2, 0.25) is 0 Å². The number of hydrogen-bond donors (Lipinski definition) is 0. The van der Waals surface area contributed by atoms with Gasteiger partial charge in [0.25, 0.3) is 11.5 Å². The van der Waals surface area contributed by atoms with Crippen LogP contribution in [0, 0.1) is 0 Å². The molecule has 3 heterocycles. The Kier molecular flexibility index (Phi) is 7.85. The van der Waals surface area contributed by atoms with Crippen LogP contribution in [0.1, 0.15) is 25.8 Å². The number of hydrogen-bond acceptors (Lipinski definition) is 7. The number of benzene rings is 1. The molecule has 176 valence electrons. The number of aryl methyl sites for hydroxylation is 1. The monoisotopic (exact) mass is 487 g/mol. The number of nitrogens with zero attached hydrogens (tertiary/aromatic N) is 3. The first kappa shape index (κ1) is 23.9. The molecule has 2 aliphatic rings. The number of carbonyl (C=O) groups is 1. The lowest BCUT2D eigenvalue weighted by Crippen LogP contribution is -2.38. The summed E-state index contributed by atoms with van der Waals surface area (Å²) in [7, 11) is 0. The molecule has 9 heteroatoms. The summed E-state index contributed by atoms with van der Waals surface area (Å²) in [4.78, 5) is 31.1. The maximum Gasteiger partial charge on any atom is 0.266 e. The van der Waals surface area contributed by atoms with Crippen LogP contribution >= 0.6 is 24.0 Å². The van der Waals surface area contributed by atoms with E-state index in [1.807, 2.05) is 38.1 Å². The smallest absolute Gasteiger partial charge is 0.266 e. The molecule has 0 saturated carbocycles. The predicted molar refractivity (Wildman–Crippen MR) is 138 cm³/mol. The second-order valence-corrected chi connectivity index (χ2v) is 9.49. The van der Waals surface area contributed by atoms with Gasteiger partial charge in [0, 0.05) is 44.8 Å². The van der Waals surface area contributed by atoms with Crippen LogP contribution in [0.15, 0.2) is 34.0 Å². The highest BCUT2D eigenvalue weighted by atomic mass is 32.2. The van der Waals surface area contributed by atoms with Crippen molar-refractivity contribution in [1.82, 2.24) is 9.47 Å². The molecule has 33 heavy (non-hydrogen) atoms. The SMILES string of the molecule is CCOCCCN1C(=O)C(=Cc2c(N3CCOCC3)c3ccccc3n(CC)c2=O)SC1=S. The topological polar surface area (TPSA) is 64.0 Å². The Morgan fingerprint density at radius 1 is 1.18 bits per heavy atom. The Bertz CT molecular complexity index is 1140. The highest BCUT2D eigenvalue weighted by Gasteiger charge is 2.33. The van der Waals surface area contributed by atoms with Crippen LogP contribution in [-0.4, -0.2) is 65.8 Å². The van der Waals surface area contributed by atoms with Gasteiger partial charge in [0.05, 0.1) is 34.9 Å². The number of fused-ring (bicyclic) bond motifs is 1. The van der Waals surface area contributed by atoms with Gasteiger partial charge < -0.3 is 18.9 Å². The summed E-state index contributed by atoms with van der Waals surface area (Å²) in [6.45, 7) is 8.78. The average molecular weight is 488 g/mol. The first-order valence-electron chi connectivity index (χ1n) is 11.4. The number of carbonyl (C=O) groups excluding carboxylic acids is 1. The molecule has 0 unspecified atom stereocenters. The zero-order chi connectivity index (χ0) is 23.4. The van der Waals surface area contributed by atoms with Crippen LogP contribution in [0.4, 0.5) is 5.69 Å².